The maximum absolute atomic E-state index is 14.9. The Morgan fingerprint density at radius 1 is 0.886 bits per heavy atom. The molecule has 2 aromatic rings. The summed E-state index contributed by atoms with van der Waals surface area (Å²) in [7, 11) is 0. The number of aliphatic hydroxyl groups is 1. The van der Waals surface area contributed by atoms with Gasteiger partial charge in [-0.2, -0.15) is 0 Å². The topological polar surface area (TPSA) is 90.4 Å². The number of aryl methyl sites for hydroxylation is 2. The Morgan fingerprint density at radius 2 is 1.57 bits per heavy atom. The SMILES string of the molecule is Cc1cccc(C)c1N1CC=C[C@]23O[C@]4(C)C=CCN(Cc5ccccc5)C(=O)[C@@H]4[C@H]2C(=O)N([C@@H](CO)CC(C)C)C3C1=O. The average Bonchev–Trinajstić information content (AvgIpc) is 3.26. The lowest BCUT2D eigenvalue weighted by Gasteiger charge is -2.40. The van der Waals surface area contributed by atoms with Gasteiger partial charge < -0.3 is 24.5 Å². The molecule has 4 aliphatic heterocycles. The summed E-state index contributed by atoms with van der Waals surface area (Å²) in [6, 6.07) is 14.1. The molecule has 232 valence electrons. The molecule has 0 bridgehead atoms. The molecule has 6 rings (SSSR count). The number of hydrogen-bond acceptors (Lipinski definition) is 5. The van der Waals surface area contributed by atoms with Crippen LogP contribution in [0.1, 0.15) is 43.9 Å². The van der Waals surface area contributed by atoms with Gasteiger partial charge in [0.15, 0.2) is 0 Å². The molecule has 1 spiro atoms. The van der Waals surface area contributed by atoms with E-state index in [0.717, 1.165) is 22.4 Å². The molecule has 0 aliphatic carbocycles. The predicted octanol–water partition coefficient (Wildman–Crippen LogP) is 4.18. The van der Waals surface area contributed by atoms with Crippen molar-refractivity contribution < 1.29 is 24.2 Å². The van der Waals surface area contributed by atoms with Gasteiger partial charge in [-0.3, -0.25) is 14.4 Å². The van der Waals surface area contributed by atoms with Gasteiger partial charge in [-0.25, -0.2) is 0 Å². The molecule has 1 N–H and O–H groups in total. The van der Waals surface area contributed by atoms with Crippen LogP contribution >= 0.6 is 0 Å². The van der Waals surface area contributed by atoms with E-state index in [1.54, 1.807) is 14.7 Å². The molecule has 4 heterocycles. The number of fused-ring (bicyclic) bond motifs is 2. The molecule has 0 aromatic heterocycles. The summed E-state index contributed by atoms with van der Waals surface area (Å²) in [5, 5.41) is 10.7. The van der Waals surface area contributed by atoms with Crippen LogP contribution in [0.2, 0.25) is 0 Å². The molecule has 0 radical (unpaired) electrons. The van der Waals surface area contributed by atoms with Crippen molar-refractivity contribution in [1.29, 1.82) is 0 Å². The Morgan fingerprint density at radius 3 is 2.23 bits per heavy atom. The van der Waals surface area contributed by atoms with Crippen LogP contribution in [0.25, 0.3) is 0 Å². The minimum atomic E-state index is -1.38. The summed E-state index contributed by atoms with van der Waals surface area (Å²) >= 11 is 0. The number of para-hydroxylation sites is 1. The van der Waals surface area contributed by atoms with E-state index in [1.807, 2.05) is 107 Å². The van der Waals surface area contributed by atoms with Gasteiger partial charge in [-0.05, 0) is 49.8 Å². The number of anilines is 1. The third-order valence-electron chi connectivity index (χ3n) is 9.85. The quantitative estimate of drug-likeness (QED) is 0.484. The van der Waals surface area contributed by atoms with Crippen LogP contribution in [-0.4, -0.2) is 75.6 Å². The highest BCUT2D eigenvalue weighted by molar-refractivity contribution is 6.06. The van der Waals surface area contributed by atoms with Crippen LogP contribution in [0.5, 0.6) is 0 Å². The van der Waals surface area contributed by atoms with E-state index in [4.69, 9.17) is 4.74 Å². The Balaban J connectivity index is 1.48. The molecule has 44 heavy (non-hydrogen) atoms. The summed E-state index contributed by atoms with van der Waals surface area (Å²) in [5.74, 6) is -2.34. The first-order chi connectivity index (χ1) is 21.0. The number of amides is 3. The van der Waals surface area contributed by atoms with Crippen molar-refractivity contribution in [2.75, 3.05) is 24.6 Å². The minimum absolute atomic E-state index is 0.164. The first-order valence-corrected chi connectivity index (χ1v) is 15.7. The van der Waals surface area contributed by atoms with Crippen LogP contribution in [0, 0.1) is 31.6 Å². The summed E-state index contributed by atoms with van der Waals surface area (Å²) in [6.07, 6.45) is 8.15. The van der Waals surface area contributed by atoms with Crippen molar-refractivity contribution in [3.63, 3.8) is 0 Å². The van der Waals surface area contributed by atoms with Crippen LogP contribution < -0.4 is 4.90 Å². The fourth-order valence-electron chi connectivity index (χ4n) is 8.10. The number of carbonyl (C=O) groups excluding carboxylic acids is 3. The first kappa shape index (κ1) is 30.3. The van der Waals surface area contributed by atoms with E-state index in [1.165, 1.54) is 0 Å². The minimum Gasteiger partial charge on any atom is -0.394 e. The van der Waals surface area contributed by atoms with E-state index >= 15 is 0 Å². The summed E-state index contributed by atoms with van der Waals surface area (Å²) in [5.41, 5.74) is 1.24. The number of carbonyl (C=O) groups is 3. The fourth-order valence-corrected chi connectivity index (χ4v) is 8.10. The van der Waals surface area contributed by atoms with E-state index in [0.29, 0.717) is 26.1 Å². The van der Waals surface area contributed by atoms with Crippen molar-refractivity contribution in [3.8, 4) is 0 Å². The Hall–Kier alpha value is -3.75. The van der Waals surface area contributed by atoms with Crippen LogP contribution in [0.15, 0.2) is 72.8 Å². The largest absolute Gasteiger partial charge is 0.394 e. The van der Waals surface area contributed by atoms with Gasteiger partial charge in [-0.1, -0.05) is 86.7 Å². The number of aliphatic hydroxyl groups excluding tert-OH is 1. The molecule has 2 fully saturated rings. The third kappa shape index (κ3) is 4.70. The molecule has 1 unspecified atom stereocenters. The highest BCUT2D eigenvalue weighted by Gasteiger charge is 2.75. The van der Waals surface area contributed by atoms with E-state index in [-0.39, 0.29) is 30.2 Å². The Labute approximate surface area is 260 Å². The van der Waals surface area contributed by atoms with Crippen molar-refractivity contribution in [3.05, 3.63) is 89.5 Å². The second kappa shape index (κ2) is 11.3. The molecule has 8 heteroatoms. The maximum Gasteiger partial charge on any atom is 0.253 e. The molecular weight excluding hydrogens is 554 g/mol. The van der Waals surface area contributed by atoms with Crippen LogP contribution in [0.3, 0.4) is 0 Å². The monoisotopic (exact) mass is 597 g/mol. The molecular formula is C36H43N3O5. The van der Waals surface area contributed by atoms with Gasteiger partial charge in [-0.15, -0.1) is 0 Å². The zero-order chi connectivity index (χ0) is 31.4. The first-order valence-electron chi connectivity index (χ1n) is 15.7. The average molecular weight is 598 g/mol. The lowest BCUT2D eigenvalue weighted by atomic mass is 9.74. The van der Waals surface area contributed by atoms with Gasteiger partial charge in [0.05, 0.1) is 30.1 Å². The lowest BCUT2D eigenvalue weighted by molar-refractivity contribution is -0.151. The molecule has 8 nitrogen and oxygen atoms in total. The van der Waals surface area contributed by atoms with Crippen molar-refractivity contribution >= 4 is 23.4 Å². The Bertz CT molecular complexity index is 1500. The van der Waals surface area contributed by atoms with Crippen molar-refractivity contribution in [2.24, 2.45) is 17.8 Å². The predicted molar refractivity (Wildman–Crippen MR) is 169 cm³/mol. The summed E-state index contributed by atoms with van der Waals surface area (Å²) in [4.78, 5) is 49.4. The third-order valence-corrected chi connectivity index (χ3v) is 9.85. The van der Waals surface area contributed by atoms with Crippen molar-refractivity contribution in [2.45, 2.75) is 70.9 Å². The summed E-state index contributed by atoms with van der Waals surface area (Å²) < 4.78 is 7.00. The molecule has 0 saturated carbocycles. The van der Waals surface area contributed by atoms with Gasteiger partial charge >= 0.3 is 0 Å². The van der Waals surface area contributed by atoms with Gasteiger partial charge in [0.25, 0.3) is 5.91 Å². The number of rotatable bonds is 7. The second-order valence-electron chi connectivity index (χ2n) is 13.4. The summed E-state index contributed by atoms with van der Waals surface area (Å²) in [6.45, 7) is 10.7. The lowest BCUT2D eigenvalue weighted by Crippen LogP contribution is -2.59. The van der Waals surface area contributed by atoms with E-state index in [9.17, 15) is 19.5 Å². The highest BCUT2D eigenvalue weighted by Crippen LogP contribution is 2.58. The van der Waals surface area contributed by atoms with Crippen LogP contribution in [0.4, 0.5) is 5.69 Å². The standard InChI is InChI=1S/C36H43N3O5/c1-23(2)20-27(22-40)39-31-34(43)38(30-24(3)12-9-13-25(30)4)19-11-17-36(31)29(33(39)42)28-32(41)37(18-10-16-35(28,5)44-36)21-26-14-7-6-8-15-26/h6-17,23,27-29,31,40H,18-22H2,1-5H3/t27-,28+,29+,31?,35-,36+/m1/s1. The van der Waals surface area contributed by atoms with Gasteiger partial charge in [0.2, 0.25) is 11.8 Å². The van der Waals surface area contributed by atoms with Crippen LogP contribution in [-0.2, 0) is 25.7 Å². The smallest absolute Gasteiger partial charge is 0.253 e. The Kier molecular flexibility index (Phi) is 7.79. The zero-order valence-corrected chi connectivity index (χ0v) is 26.3. The normalized spacial score (nSPS) is 30.4. The van der Waals surface area contributed by atoms with E-state index < -0.39 is 35.1 Å². The molecule has 4 aliphatic rings. The van der Waals surface area contributed by atoms with Gasteiger partial charge in [0, 0.05) is 25.3 Å². The molecule has 6 atom stereocenters. The second-order valence-corrected chi connectivity index (χ2v) is 13.4. The number of benzene rings is 2. The number of nitrogens with zero attached hydrogens (tertiary/aromatic N) is 3. The number of hydrogen-bond donors (Lipinski definition) is 1. The number of ether oxygens (including phenoxy) is 1. The maximum atomic E-state index is 14.9. The fraction of sp³-hybridized carbons (Fsp3) is 0.472. The van der Waals surface area contributed by atoms with Gasteiger partial charge in [0.1, 0.15) is 11.6 Å². The number of likely N-dealkylation sites (tertiary alicyclic amines) is 1. The molecule has 2 aromatic carbocycles. The highest BCUT2D eigenvalue weighted by atomic mass is 16.5. The zero-order valence-electron chi connectivity index (χ0n) is 26.3. The van der Waals surface area contributed by atoms with Crippen molar-refractivity contribution in [1.82, 2.24) is 9.80 Å². The molecule has 3 amide bonds. The molecule has 2 saturated heterocycles. The van der Waals surface area contributed by atoms with E-state index in [2.05, 4.69) is 0 Å².